The summed E-state index contributed by atoms with van der Waals surface area (Å²) in [5, 5.41) is 20.3. The van der Waals surface area contributed by atoms with E-state index in [1.54, 1.807) is 25.1 Å². The highest BCUT2D eigenvalue weighted by atomic mass is 16.5. The number of hydrogen-bond donors (Lipinski definition) is 4. The molecule has 12 heteroatoms. The quantitative estimate of drug-likeness (QED) is 0.182. The molecule has 4 aliphatic rings. The second-order valence-electron chi connectivity index (χ2n) is 13.4. The van der Waals surface area contributed by atoms with Crippen molar-refractivity contribution in [3.8, 4) is 0 Å². The zero-order valence-electron chi connectivity index (χ0n) is 26.5. The van der Waals surface area contributed by atoms with Crippen molar-refractivity contribution in [1.82, 2.24) is 15.2 Å². The lowest BCUT2D eigenvalue weighted by Gasteiger charge is -2.60. The van der Waals surface area contributed by atoms with Crippen molar-refractivity contribution in [2.45, 2.75) is 82.0 Å². The first kappa shape index (κ1) is 32.2. The van der Waals surface area contributed by atoms with Crippen LogP contribution >= 0.6 is 0 Å². The Morgan fingerprint density at radius 3 is 2.55 bits per heavy atom. The summed E-state index contributed by atoms with van der Waals surface area (Å²) in [6.45, 7) is 1.50. The number of hydrogen-bond acceptors (Lipinski definition) is 8. The second kappa shape index (κ2) is 12.8. The predicted octanol–water partition coefficient (Wildman–Crippen LogP) is 3.35. The number of aryl methyl sites for hydroxylation is 1. The third kappa shape index (κ3) is 6.87. The van der Waals surface area contributed by atoms with Crippen LogP contribution in [0.2, 0.25) is 0 Å². The van der Waals surface area contributed by atoms with Crippen LogP contribution in [0.5, 0.6) is 0 Å². The van der Waals surface area contributed by atoms with E-state index < -0.39 is 40.5 Å². The van der Waals surface area contributed by atoms with Gasteiger partial charge in [0.15, 0.2) is 5.76 Å². The maximum atomic E-state index is 13.5. The average Bonchev–Trinajstić information content (AvgIpc) is 3.35. The van der Waals surface area contributed by atoms with E-state index in [0.717, 1.165) is 37.5 Å². The molecule has 12 nitrogen and oxygen atoms in total. The number of esters is 1. The molecule has 3 atom stereocenters. The monoisotopic (exact) mass is 644 g/mol. The van der Waals surface area contributed by atoms with Crippen LogP contribution in [0.15, 0.2) is 64.0 Å². The highest BCUT2D eigenvalue weighted by molar-refractivity contribution is 6.03. The Labute approximate surface area is 271 Å². The minimum Gasteiger partial charge on any atom is -0.466 e. The summed E-state index contributed by atoms with van der Waals surface area (Å²) >= 11 is 0. The number of carbonyl (C=O) groups excluding carboxylic acids is 4. The molecule has 2 heterocycles. The van der Waals surface area contributed by atoms with Crippen LogP contribution in [-0.4, -0.2) is 57.7 Å². The number of fused-ring (bicyclic) bond motifs is 1. The molecule has 3 amide bonds. The van der Waals surface area contributed by atoms with Crippen molar-refractivity contribution < 1.29 is 33.4 Å². The summed E-state index contributed by atoms with van der Waals surface area (Å²) in [5.74, 6) is -1.29. The lowest BCUT2D eigenvalue weighted by molar-refractivity contribution is -0.151. The first-order chi connectivity index (χ1) is 22.5. The summed E-state index contributed by atoms with van der Waals surface area (Å²) in [6, 6.07) is 9.09. The number of benzene rings is 1. The highest BCUT2D eigenvalue weighted by Gasteiger charge is 2.57. The number of nitrogens with one attached hydrogen (secondary N) is 3. The number of carbonyl (C=O) groups is 4. The third-order valence-electron chi connectivity index (χ3n) is 9.78. The molecule has 4 N–H and O–H groups in total. The van der Waals surface area contributed by atoms with E-state index in [-0.39, 0.29) is 36.7 Å². The van der Waals surface area contributed by atoms with Gasteiger partial charge in [0.1, 0.15) is 23.9 Å². The first-order valence-electron chi connectivity index (χ1n) is 16.0. The van der Waals surface area contributed by atoms with Gasteiger partial charge in [-0.1, -0.05) is 24.3 Å². The number of allylic oxidation sites excluding steroid dienone is 1. The average molecular weight is 645 g/mol. The van der Waals surface area contributed by atoms with Crippen LogP contribution in [0.1, 0.15) is 67.5 Å². The molecular formula is C35H40N4O8. The van der Waals surface area contributed by atoms with Crippen LogP contribution in [-0.2, 0) is 25.7 Å². The number of amides is 3. The van der Waals surface area contributed by atoms with Gasteiger partial charge in [-0.25, -0.2) is 4.79 Å². The second-order valence-corrected chi connectivity index (χ2v) is 13.4. The predicted molar refractivity (Wildman–Crippen MR) is 172 cm³/mol. The Hall–Kier alpha value is -4.71. The molecule has 0 radical (unpaired) electrons. The lowest BCUT2D eigenvalue weighted by Crippen LogP contribution is -2.65. The molecule has 248 valence electrons. The molecular weight excluding hydrogens is 604 g/mol. The van der Waals surface area contributed by atoms with E-state index in [1.807, 2.05) is 12.1 Å². The number of furan rings is 1. The van der Waals surface area contributed by atoms with Gasteiger partial charge in [0, 0.05) is 28.8 Å². The molecule has 0 saturated heterocycles. The summed E-state index contributed by atoms with van der Waals surface area (Å²) in [4.78, 5) is 65.0. The minimum atomic E-state index is -1.10. The molecule has 2 aromatic heterocycles. The maximum absolute atomic E-state index is 13.5. The fourth-order valence-electron chi connectivity index (χ4n) is 8.22. The summed E-state index contributed by atoms with van der Waals surface area (Å²) in [7, 11) is 1.25. The molecule has 4 aliphatic carbocycles. The molecule has 0 spiro atoms. The van der Waals surface area contributed by atoms with E-state index in [4.69, 9.17) is 4.42 Å². The standard InChI is InChI=1S/C35H40N4O8/c1-21-24-8-3-5-11-27(24)47-30(21)32(43)36-25(9-4-6-12-29(41)46-2)31(42)37-26-10-7-13-39(33(26)44)19-28(40)38-34-15-22-14-23(16-34)18-35(45,17-22)20-34/h3,5-8,10-13,22-23,25,45H,4,9,14-20H2,1-2H3,(H,36,43)(H,37,42)(H,38,40)/b12-6+/t22?,23?,25-,34?,35?/m0/s1. The van der Waals surface area contributed by atoms with Crippen molar-refractivity contribution in [3.05, 3.63) is 76.4 Å². The SMILES string of the molecule is COC(=O)/C=C/CC[C@H](NC(=O)c1oc2ccccc2c1C)C(=O)Nc1cccn(CC(=O)NC23CC4CC(CC(O)(C4)C2)C3)c1=O. The van der Waals surface area contributed by atoms with E-state index in [2.05, 4.69) is 20.7 Å². The Balaban J connectivity index is 1.15. The Morgan fingerprint density at radius 1 is 1.11 bits per heavy atom. The molecule has 1 aromatic carbocycles. The van der Waals surface area contributed by atoms with Gasteiger partial charge in [-0.3, -0.25) is 19.2 Å². The lowest BCUT2D eigenvalue weighted by atomic mass is 9.51. The van der Waals surface area contributed by atoms with Crippen molar-refractivity contribution in [1.29, 1.82) is 0 Å². The van der Waals surface area contributed by atoms with Crippen LogP contribution in [0.25, 0.3) is 11.0 Å². The van der Waals surface area contributed by atoms with Gasteiger partial charge in [0.2, 0.25) is 11.8 Å². The Morgan fingerprint density at radius 2 is 1.85 bits per heavy atom. The summed E-state index contributed by atoms with van der Waals surface area (Å²) in [6.07, 6.45) is 9.41. The van der Waals surface area contributed by atoms with Gasteiger partial charge >= 0.3 is 5.97 Å². The molecule has 2 unspecified atom stereocenters. The molecule has 7 rings (SSSR count). The van der Waals surface area contributed by atoms with Crippen molar-refractivity contribution in [3.63, 3.8) is 0 Å². The molecule has 4 fully saturated rings. The number of rotatable bonds is 11. The third-order valence-corrected chi connectivity index (χ3v) is 9.78. The van der Waals surface area contributed by atoms with Crippen molar-refractivity contribution in [2.24, 2.45) is 11.8 Å². The minimum absolute atomic E-state index is 0.0568. The topological polar surface area (TPSA) is 169 Å². The van der Waals surface area contributed by atoms with Crippen LogP contribution in [0, 0.1) is 18.8 Å². The van der Waals surface area contributed by atoms with Gasteiger partial charge in [0.05, 0.1) is 12.7 Å². The van der Waals surface area contributed by atoms with Crippen molar-refractivity contribution >= 4 is 40.3 Å². The number of pyridine rings is 1. The number of nitrogens with zero attached hydrogens (tertiary/aromatic N) is 1. The Kier molecular flexibility index (Phi) is 8.80. The number of ether oxygens (including phenoxy) is 1. The van der Waals surface area contributed by atoms with Gasteiger partial charge in [-0.05, 0) is 88.3 Å². The van der Waals surface area contributed by atoms with Crippen LogP contribution < -0.4 is 21.5 Å². The van der Waals surface area contributed by atoms with Gasteiger partial charge in [-0.15, -0.1) is 0 Å². The molecule has 4 saturated carbocycles. The fourth-order valence-corrected chi connectivity index (χ4v) is 8.22. The zero-order chi connectivity index (χ0) is 33.3. The fraction of sp³-hybridized carbons (Fsp3) is 0.457. The van der Waals surface area contributed by atoms with Gasteiger partial charge < -0.3 is 34.8 Å². The maximum Gasteiger partial charge on any atom is 0.330 e. The van der Waals surface area contributed by atoms with E-state index in [9.17, 15) is 29.1 Å². The largest absolute Gasteiger partial charge is 0.466 e. The number of para-hydroxylation sites is 1. The molecule has 0 aliphatic heterocycles. The summed E-state index contributed by atoms with van der Waals surface area (Å²) in [5.41, 5.74) is -0.678. The number of methoxy groups -OCH3 is 1. The van der Waals surface area contributed by atoms with Crippen LogP contribution in [0.4, 0.5) is 5.69 Å². The van der Waals surface area contributed by atoms with E-state index in [0.29, 0.717) is 29.4 Å². The zero-order valence-corrected chi connectivity index (χ0v) is 26.5. The summed E-state index contributed by atoms with van der Waals surface area (Å²) < 4.78 is 11.6. The molecule has 47 heavy (non-hydrogen) atoms. The van der Waals surface area contributed by atoms with E-state index >= 15 is 0 Å². The van der Waals surface area contributed by atoms with E-state index in [1.165, 1.54) is 36.1 Å². The number of anilines is 1. The molecule has 4 bridgehead atoms. The van der Waals surface area contributed by atoms with Crippen LogP contribution in [0.3, 0.4) is 0 Å². The normalized spacial score (nSPS) is 25.1. The van der Waals surface area contributed by atoms with Crippen molar-refractivity contribution in [2.75, 3.05) is 12.4 Å². The highest BCUT2D eigenvalue weighted by Crippen LogP contribution is 2.57. The number of aliphatic hydroxyl groups is 1. The molecule has 3 aromatic rings. The first-order valence-corrected chi connectivity index (χ1v) is 16.0. The Bertz CT molecular complexity index is 1790. The van der Waals surface area contributed by atoms with Gasteiger partial charge in [0.25, 0.3) is 11.5 Å². The number of aromatic nitrogens is 1. The van der Waals surface area contributed by atoms with Gasteiger partial charge in [-0.2, -0.15) is 0 Å². The smallest absolute Gasteiger partial charge is 0.330 e.